The Labute approximate surface area is 226 Å². The van der Waals surface area contributed by atoms with E-state index < -0.39 is 23.4 Å². The minimum absolute atomic E-state index is 0.0214. The van der Waals surface area contributed by atoms with Gasteiger partial charge in [0, 0.05) is 36.3 Å². The zero-order valence-electron chi connectivity index (χ0n) is 22.6. The maximum Gasteiger partial charge on any atom is 0.416 e. The predicted octanol–water partition coefficient (Wildman–Crippen LogP) is 4.16. The lowest BCUT2D eigenvalue weighted by atomic mass is 9.81. The minimum atomic E-state index is -4.44. The van der Waals surface area contributed by atoms with Gasteiger partial charge in [0.25, 0.3) is 0 Å². The van der Waals surface area contributed by atoms with Crippen LogP contribution in [0.4, 0.5) is 13.2 Å². The Morgan fingerprint density at radius 3 is 2.44 bits per heavy atom. The standard InChI is InChI=1S/C28H36F3N5O3/c1-18(2)23-15-24(19-7-9-21(10-8-19)28(29,30)31)34-36(25(23)32)12-6-5-11-35(16-27(3,4)33-17-37)26(39)20-13-22(38)14-20/h6-10,12,15,17-18,20,22,32,38H,5,11,13-14,16H2,1-4H3,(H,33,37)/b12-6+,32-25?. The number of halogens is 3. The topological polar surface area (TPSA) is 111 Å². The van der Waals surface area contributed by atoms with E-state index in [2.05, 4.69) is 10.4 Å². The molecule has 39 heavy (non-hydrogen) atoms. The summed E-state index contributed by atoms with van der Waals surface area (Å²) in [7, 11) is 0. The number of amides is 2. The average Bonchev–Trinajstić information content (AvgIpc) is 2.83. The number of hydrogen-bond acceptors (Lipinski definition) is 5. The van der Waals surface area contributed by atoms with Crippen LogP contribution in [-0.2, 0) is 15.8 Å². The molecule has 2 amide bonds. The first-order valence-corrected chi connectivity index (χ1v) is 12.9. The molecule has 3 N–H and O–H groups in total. The monoisotopic (exact) mass is 547 g/mol. The van der Waals surface area contributed by atoms with Crippen LogP contribution in [0, 0.1) is 11.3 Å². The van der Waals surface area contributed by atoms with Gasteiger partial charge >= 0.3 is 6.18 Å². The summed E-state index contributed by atoms with van der Waals surface area (Å²) in [5.41, 5.74) is 0.390. The molecule has 0 aliphatic heterocycles. The maximum absolute atomic E-state index is 13.0. The van der Waals surface area contributed by atoms with Crippen molar-refractivity contribution in [2.24, 2.45) is 5.92 Å². The Kier molecular flexibility index (Phi) is 9.37. The largest absolute Gasteiger partial charge is 0.416 e. The van der Waals surface area contributed by atoms with E-state index in [0.717, 1.165) is 12.1 Å². The third-order valence-corrected chi connectivity index (χ3v) is 6.76. The molecule has 0 radical (unpaired) electrons. The van der Waals surface area contributed by atoms with Crippen LogP contribution >= 0.6 is 0 Å². The first-order valence-electron chi connectivity index (χ1n) is 12.9. The second-order valence-electron chi connectivity index (χ2n) is 10.9. The SMILES string of the molecule is CC(C)c1cc(-c2ccc(C(F)(F)F)cc2)nn(/C=C/CCN(CC(C)(C)NC=O)C(=O)C2CC(O)C2)c1=N. The number of benzene rings is 1. The molecule has 1 aromatic heterocycles. The van der Waals surface area contributed by atoms with Gasteiger partial charge in [0.15, 0.2) is 0 Å². The van der Waals surface area contributed by atoms with E-state index >= 15 is 0 Å². The number of carbonyl (C=O) groups is 2. The van der Waals surface area contributed by atoms with Gasteiger partial charge in [-0.05, 0) is 57.2 Å². The number of hydrogen-bond donors (Lipinski definition) is 3. The van der Waals surface area contributed by atoms with Crippen molar-refractivity contribution in [1.29, 1.82) is 5.41 Å². The Hall–Kier alpha value is -3.47. The lowest BCUT2D eigenvalue weighted by molar-refractivity contribution is -0.143. The van der Waals surface area contributed by atoms with E-state index in [0.29, 0.717) is 55.6 Å². The fourth-order valence-corrected chi connectivity index (χ4v) is 4.46. The summed E-state index contributed by atoms with van der Waals surface area (Å²) in [5.74, 6) is -0.347. The van der Waals surface area contributed by atoms with E-state index in [-0.39, 0.29) is 23.2 Å². The summed E-state index contributed by atoms with van der Waals surface area (Å²) in [6.45, 7) is 8.14. The van der Waals surface area contributed by atoms with Crippen LogP contribution in [0.2, 0.25) is 0 Å². The zero-order valence-corrected chi connectivity index (χ0v) is 22.6. The van der Waals surface area contributed by atoms with Crippen molar-refractivity contribution in [2.45, 2.75) is 70.7 Å². The molecule has 1 heterocycles. The molecule has 1 aliphatic rings. The van der Waals surface area contributed by atoms with Crippen LogP contribution in [0.25, 0.3) is 17.5 Å². The normalized spacial score (nSPS) is 17.8. The highest BCUT2D eigenvalue weighted by Gasteiger charge is 2.37. The predicted molar refractivity (Wildman–Crippen MR) is 141 cm³/mol. The van der Waals surface area contributed by atoms with E-state index in [1.165, 1.54) is 16.8 Å². The van der Waals surface area contributed by atoms with Gasteiger partial charge in [-0.15, -0.1) is 0 Å². The second kappa shape index (κ2) is 12.1. The number of nitrogens with zero attached hydrogens (tertiary/aromatic N) is 3. The van der Waals surface area contributed by atoms with E-state index in [1.54, 1.807) is 23.2 Å². The summed E-state index contributed by atoms with van der Waals surface area (Å²) < 4.78 is 40.4. The first-order chi connectivity index (χ1) is 18.2. The summed E-state index contributed by atoms with van der Waals surface area (Å²) in [6.07, 6.45) is 0.375. The van der Waals surface area contributed by atoms with Crippen LogP contribution in [0.15, 0.2) is 36.4 Å². The first kappa shape index (κ1) is 30.1. The molecule has 3 rings (SSSR count). The van der Waals surface area contributed by atoms with Crippen molar-refractivity contribution in [3.8, 4) is 11.3 Å². The molecule has 0 bridgehead atoms. The summed E-state index contributed by atoms with van der Waals surface area (Å²) in [4.78, 5) is 25.7. The van der Waals surface area contributed by atoms with E-state index in [9.17, 15) is 27.9 Å². The molecule has 0 spiro atoms. The van der Waals surface area contributed by atoms with Gasteiger partial charge in [-0.3, -0.25) is 15.0 Å². The average molecular weight is 548 g/mol. The number of rotatable bonds is 11. The molecule has 212 valence electrons. The molecule has 2 aromatic rings. The minimum Gasteiger partial charge on any atom is -0.393 e. The number of carbonyl (C=O) groups excluding carboxylic acids is 2. The van der Waals surface area contributed by atoms with Crippen LogP contribution < -0.4 is 10.8 Å². The van der Waals surface area contributed by atoms with Crippen LogP contribution in [0.1, 0.15) is 64.0 Å². The van der Waals surface area contributed by atoms with Crippen molar-refractivity contribution in [2.75, 3.05) is 13.1 Å². The highest BCUT2D eigenvalue weighted by atomic mass is 19.4. The molecule has 1 aromatic carbocycles. The summed E-state index contributed by atoms with van der Waals surface area (Å²) in [5, 5.41) is 25.4. The van der Waals surface area contributed by atoms with Gasteiger partial charge in [0.1, 0.15) is 5.49 Å². The van der Waals surface area contributed by atoms with Gasteiger partial charge in [-0.25, -0.2) is 4.68 Å². The third kappa shape index (κ3) is 7.78. The molecule has 1 saturated carbocycles. The molecule has 1 fully saturated rings. The van der Waals surface area contributed by atoms with Crippen molar-refractivity contribution in [3.63, 3.8) is 0 Å². The zero-order chi connectivity index (χ0) is 29.0. The summed E-state index contributed by atoms with van der Waals surface area (Å²) in [6, 6.07) is 6.46. The van der Waals surface area contributed by atoms with Crippen molar-refractivity contribution < 1.29 is 27.9 Å². The van der Waals surface area contributed by atoms with Crippen molar-refractivity contribution in [1.82, 2.24) is 20.0 Å². The highest BCUT2D eigenvalue weighted by Crippen LogP contribution is 2.31. The molecule has 8 nitrogen and oxygen atoms in total. The number of aliphatic hydroxyl groups is 1. The Bertz CT molecular complexity index is 1250. The molecular weight excluding hydrogens is 511 g/mol. The van der Waals surface area contributed by atoms with Crippen LogP contribution in [0.3, 0.4) is 0 Å². The third-order valence-electron chi connectivity index (χ3n) is 6.76. The molecular formula is C28H36F3N5O3. The van der Waals surface area contributed by atoms with Gasteiger partial charge in [0.05, 0.1) is 22.9 Å². The molecule has 0 unspecified atom stereocenters. The van der Waals surface area contributed by atoms with Crippen LogP contribution in [-0.4, -0.2) is 56.8 Å². The fourth-order valence-electron chi connectivity index (χ4n) is 4.46. The number of alkyl halides is 3. The van der Waals surface area contributed by atoms with Gasteiger partial charge in [0.2, 0.25) is 12.3 Å². The lowest BCUT2D eigenvalue weighted by Gasteiger charge is -2.38. The Morgan fingerprint density at radius 2 is 1.90 bits per heavy atom. The van der Waals surface area contributed by atoms with Crippen LogP contribution in [0.5, 0.6) is 0 Å². The molecule has 0 saturated heterocycles. The molecule has 1 aliphatic carbocycles. The van der Waals surface area contributed by atoms with E-state index in [4.69, 9.17) is 5.41 Å². The van der Waals surface area contributed by atoms with Gasteiger partial charge in [-0.1, -0.05) is 32.1 Å². The fraction of sp³-hybridized carbons (Fsp3) is 0.500. The number of aliphatic hydroxyl groups excluding tert-OH is 1. The number of nitrogens with one attached hydrogen (secondary N) is 2. The lowest BCUT2D eigenvalue weighted by Crippen LogP contribution is -2.53. The van der Waals surface area contributed by atoms with Crippen molar-refractivity contribution >= 4 is 18.5 Å². The Morgan fingerprint density at radius 1 is 1.26 bits per heavy atom. The molecule has 0 atom stereocenters. The maximum atomic E-state index is 13.0. The Balaban J connectivity index is 1.81. The molecule has 11 heteroatoms. The second-order valence-corrected chi connectivity index (χ2v) is 10.9. The summed E-state index contributed by atoms with van der Waals surface area (Å²) >= 11 is 0. The number of aromatic nitrogens is 2. The quantitative estimate of drug-likeness (QED) is 0.367. The smallest absolute Gasteiger partial charge is 0.393 e. The van der Waals surface area contributed by atoms with Gasteiger partial charge in [-0.2, -0.15) is 18.3 Å². The van der Waals surface area contributed by atoms with E-state index in [1.807, 2.05) is 27.7 Å². The van der Waals surface area contributed by atoms with Crippen molar-refractivity contribution in [3.05, 3.63) is 53.0 Å². The highest BCUT2D eigenvalue weighted by molar-refractivity contribution is 5.80. The van der Waals surface area contributed by atoms with Gasteiger partial charge < -0.3 is 15.3 Å².